The van der Waals surface area contributed by atoms with E-state index in [9.17, 15) is 4.79 Å². The van der Waals surface area contributed by atoms with Gasteiger partial charge in [0.15, 0.2) is 0 Å². The summed E-state index contributed by atoms with van der Waals surface area (Å²) in [6.45, 7) is 0. The van der Waals surface area contributed by atoms with E-state index in [1.807, 2.05) is 41.8 Å². The summed E-state index contributed by atoms with van der Waals surface area (Å²) >= 11 is 1.48. The van der Waals surface area contributed by atoms with Gasteiger partial charge >= 0.3 is 0 Å². The Balaban J connectivity index is 1.70. The van der Waals surface area contributed by atoms with Gasteiger partial charge in [-0.2, -0.15) is 0 Å². The molecule has 2 aromatic rings. The predicted molar refractivity (Wildman–Crippen MR) is 77.1 cm³/mol. The molecule has 1 aliphatic rings. The number of ketones is 1. The maximum atomic E-state index is 12.1. The van der Waals surface area contributed by atoms with Crippen LogP contribution in [0.5, 0.6) is 5.75 Å². The zero-order valence-electron chi connectivity index (χ0n) is 10.7. The van der Waals surface area contributed by atoms with E-state index in [1.54, 1.807) is 0 Å². The molecule has 98 valence electrons. The largest absolute Gasteiger partial charge is 0.490 e. The van der Waals surface area contributed by atoms with Crippen molar-refractivity contribution in [2.45, 2.75) is 31.8 Å². The normalized spacial score (nSPS) is 15.6. The summed E-state index contributed by atoms with van der Waals surface area (Å²) in [5, 5.41) is 1.92. The van der Waals surface area contributed by atoms with Gasteiger partial charge in [-0.25, -0.2) is 0 Å². The number of carbonyl (C=O) groups is 1. The van der Waals surface area contributed by atoms with Gasteiger partial charge in [0.1, 0.15) is 5.75 Å². The topological polar surface area (TPSA) is 26.3 Å². The van der Waals surface area contributed by atoms with E-state index in [0.29, 0.717) is 6.10 Å². The van der Waals surface area contributed by atoms with Gasteiger partial charge in [0.05, 0.1) is 11.0 Å². The summed E-state index contributed by atoms with van der Waals surface area (Å²) in [4.78, 5) is 12.9. The van der Waals surface area contributed by atoms with E-state index in [0.717, 1.165) is 29.0 Å². The van der Waals surface area contributed by atoms with Crippen molar-refractivity contribution in [3.8, 4) is 5.75 Å². The number of carbonyl (C=O) groups excluding carboxylic acids is 1. The van der Waals surface area contributed by atoms with Crippen LogP contribution in [0.1, 0.15) is 40.9 Å². The number of rotatable bonds is 4. The minimum Gasteiger partial charge on any atom is -0.490 e. The average Bonchev–Trinajstić information content (AvgIpc) is 3.12. The molecule has 0 bridgehead atoms. The highest BCUT2D eigenvalue weighted by atomic mass is 32.1. The van der Waals surface area contributed by atoms with E-state index < -0.39 is 0 Å². The second-order valence-electron chi connectivity index (χ2n) is 4.86. The molecule has 0 radical (unpaired) electrons. The van der Waals surface area contributed by atoms with Gasteiger partial charge in [-0.1, -0.05) is 6.07 Å². The van der Waals surface area contributed by atoms with E-state index in [-0.39, 0.29) is 5.78 Å². The first-order valence-electron chi connectivity index (χ1n) is 6.68. The van der Waals surface area contributed by atoms with Crippen molar-refractivity contribution < 1.29 is 9.53 Å². The molecule has 1 aromatic heterocycles. The van der Waals surface area contributed by atoms with Gasteiger partial charge in [0.25, 0.3) is 0 Å². The Bertz CT molecular complexity index is 537. The van der Waals surface area contributed by atoms with E-state index in [1.165, 1.54) is 24.2 Å². The molecule has 3 rings (SSSR count). The fourth-order valence-corrected chi connectivity index (χ4v) is 3.12. The highest BCUT2D eigenvalue weighted by Crippen LogP contribution is 2.25. The van der Waals surface area contributed by atoms with Crippen molar-refractivity contribution in [3.05, 3.63) is 52.2 Å². The van der Waals surface area contributed by atoms with Gasteiger partial charge in [0, 0.05) is 5.56 Å². The van der Waals surface area contributed by atoms with Crippen LogP contribution in [0.4, 0.5) is 0 Å². The molecule has 0 amide bonds. The molecule has 1 heterocycles. The second-order valence-corrected chi connectivity index (χ2v) is 5.80. The lowest BCUT2D eigenvalue weighted by Gasteiger charge is -2.12. The summed E-state index contributed by atoms with van der Waals surface area (Å²) < 4.78 is 5.89. The molecule has 0 N–H and O–H groups in total. The summed E-state index contributed by atoms with van der Waals surface area (Å²) in [5.41, 5.74) is 0.723. The number of hydrogen-bond donors (Lipinski definition) is 0. The zero-order chi connectivity index (χ0) is 13.1. The Morgan fingerprint density at radius 3 is 2.47 bits per heavy atom. The molecule has 0 saturated heterocycles. The van der Waals surface area contributed by atoms with E-state index in [2.05, 4.69) is 0 Å². The van der Waals surface area contributed by atoms with Crippen molar-refractivity contribution in [2.24, 2.45) is 0 Å². The minimum atomic E-state index is 0.0856. The van der Waals surface area contributed by atoms with Crippen LogP contribution in [0.2, 0.25) is 0 Å². The van der Waals surface area contributed by atoms with Crippen molar-refractivity contribution >= 4 is 17.1 Å². The first-order chi connectivity index (χ1) is 9.33. The molecular formula is C16H16O2S. The Morgan fingerprint density at radius 1 is 1.11 bits per heavy atom. The molecular weight excluding hydrogens is 256 g/mol. The van der Waals surface area contributed by atoms with Gasteiger partial charge in [-0.05, 0) is 61.4 Å². The predicted octanol–water partition coefficient (Wildman–Crippen LogP) is 4.30. The molecule has 19 heavy (non-hydrogen) atoms. The molecule has 1 saturated carbocycles. The maximum Gasteiger partial charge on any atom is 0.202 e. The van der Waals surface area contributed by atoms with Gasteiger partial charge < -0.3 is 4.74 Å². The summed E-state index contributed by atoms with van der Waals surface area (Å²) in [6, 6.07) is 11.3. The average molecular weight is 272 g/mol. The van der Waals surface area contributed by atoms with Crippen LogP contribution in [-0.2, 0) is 0 Å². The van der Waals surface area contributed by atoms with E-state index in [4.69, 9.17) is 4.74 Å². The van der Waals surface area contributed by atoms with Crippen LogP contribution < -0.4 is 4.74 Å². The second kappa shape index (κ2) is 5.57. The van der Waals surface area contributed by atoms with Gasteiger partial charge in [-0.3, -0.25) is 4.79 Å². The number of hydrogen-bond acceptors (Lipinski definition) is 3. The highest BCUT2D eigenvalue weighted by molar-refractivity contribution is 7.12. The van der Waals surface area contributed by atoms with Crippen molar-refractivity contribution in [2.75, 3.05) is 0 Å². The molecule has 2 nitrogen and oxygen atoms in total. The minimum absolute atomic E-state index is 0.0856. The maximum absolute atomic E-state index is 12.1. The third-order valence-corrected chi connectivity index (χ3v) is 4.34. The molecule has 0 aliphatic heterocycles. The highest BCUT2D eigenvalue weighted by Gasteiger charge is 2.16. The van der Waals surface area contributed by atoms with Crippen LogP contribution in [0.3, 0.4) is 0 Å². The van der Waals surface area contributed by atoms with Crippen LogP contribution >= 0.6 is 11.3 Å². The first-order valence-corrected chi connectivity index (χ1v) is 7.56. The number of ether oxygens (including phenoxy) is 1. The Morgan fingerprint density at radius 2 is 1.84 bits per heavy atom. The van der Waals surface area contributed by atoms with Crippen LogP contribution in [0, 0.1) is 0 Å². The lowest BCUT2D eigenvalue weighted by Crippen LogP contribution is -2.10. The number of thiophene rings is 1. The van der Waals surface area contributed by atoms with Crippen LogP contribution in [0.15, 0.2) is 41.8 Å². The van der Waals surface area contributed by atoms with Crippen molar-refractivity contribution in [1.29, 1.82) is 0 Å². The van der Waals surface area contributed by atoms with Crippen LogP contribution in [-0.4, -0.2) is 11.9 Å². The van der Waals surface area contributed by atoms with Crippen LogP contribution in [0.25, 0.3) is 0 Å². The smallest absolute Gasteiger partial charge is 0.202 e. The molecule has 3 heteroatoms. The summed E-state index contributed by atoms with van der Waals surface area (Å²) in [6.07, 6.45) is 5.18. The monoisotopic (exact) mass is 272 g/mol. The summed E-state index contributed by atoms with van der Waals surface area (Å²) in [5.74, 6) is 0.956. The number of benzene rings is 1. The summed E-state index contributed by atoms with van der Waals surface area (Å²) in [7, 11) is 0. The van der Waals surface area contributed by atoms with Gasteiger partial charge in [-0.15, -0.1) is 11.3 Å². The van der Waals surface area contributed by atoms with Crippen molar-refractivity contribution in [1.82, 2.24) is 0 Å². The Labute approximate surface area is 117 Å². The molecule has 0 atom stereocenters. The zero-order valence-corrected chi connectivity index (χ0v) is 11.5. The molecule has 0 spiro atoms. The molecule has 1 aromatic carbocycles. The molecule has 0 unspecified atom stereocenters. The lowest BCUT2D eigenvalue weighted by molar-refractivity contribution is 0.104. The lowest BCUT2D eigenvalue weighted by atomic mass is 10.1. The Kier molecular flexibility index (Phi) is 3.65. The first kappa shape index (κ1) is 12.4. The fourth-order valence-electron chi connectivity index (χ4n) is 2.43. The fraction of sp³-hybridized carbons (Fsp3) is 0.312. The third kappa shape index (κ3) is 2.87. The standard InChI is InChI=1S/C16H16O2S/c17-16(15-6-3-11-19-15)12-7-9-14(10-8-12)18-13-4-1-2-5-13/h3,6-11,13H,1-2,4-5H2. The Hall–Kier alpha value is -1.61. The van der Waals surface area contributed by atoms with Crippen molar-refractivity contribution in [3.63, 3.8) is 0 Å². The molecule has 1 fully saturated rings. The third-order valence-electron chi connectivity index (χ3n) is 3.47. The quantitative estimate of drug-likeness (QED) is 0.776. The molecule has 1 aliphatic carbocycles. The SMILES string of the molecule is O=C(c1ccc(OC2CCCC2)cc1)c1cccs1. The van der Waals surface area contributed by atoms with Gasteiger partial charge in [0.2, 0.25) is 5.78 Å². The van der Waals surface area contributed by atoms with E-state index >= 15 is 0 Å².